The molecular weight excluding hydrogens is 384 g/mol. The Labute approximate surface area is 160 Å². The van der Waals surface area contributed by atoms with Crippen molar-refractivity contribution in [3.63, 3.8) is 0 Å². The minimum absolute atomic E-state index is 0.0601. The average Bonchev–Trinajstić information content (AvgIpc) is 3.32. The number of fused-ring (bicyclic) bond motifs is 1. The molecule has 1 amide bonds. The van der Waals surface area contributed by atoms with E-state index in [-0.39, 0.29) is 10.8 Å². The molecule has 0 saturated carbocycles. The maximum atomic E-state index is 12.4. The Kier molecular flexibility index (Phi) is 4.63. The van der Waals surface area contributed by atoms with E-state index in [0.29, 0.717) is 16.5 Å². The average molecular weight is 400 g/mol. The number of hydrogen-bond acceptors (Lipinski definition) is 6. The van der Waals surface area contributed by atoms with Crippen molar-refractivity contribution in [1.29, 1.82) is 0 Å². The second-order valence-corrected chi connectivity index (χ2v) is 8.65. The molecule has 0 unspecified atom stereocenters. The molecular formula is C18H16N4O3S2. The summed E-state index contributed by atoms with van der Waals surface area (Å²) in [5.41, 5.74) is 2.61. The van der Waals surface area contributed by atoms with E-state index in [0.717, 1.165) is 25.0 Å². The van der Waals surface area contributed by atoms with Crippen molar-refractivity contribution in [3.8, 4) is 0 Å². The van der Waals surface area contributed by atoms with Crippen molar-refractivity contribution in [2.45, 2.75) is 24.2 Å². The number of amides is 1. The summed E-state index contributed by atoms with van der Waals surface area (Å²) in [5.74, 6) is 0.167. The van der Waals surface area contributed by atoms with E-state index < -0.39 is 10.0 Å². The summed E-state index contributed by atoms with van der Waals surface area (Å²) in [7, 11) is -3.74. The Morgan fingerprint density at radius 1 is 1.07 bits per heavy atom. The van der Waals surface area contributed by atoms with Crippen molar-refractivity contribution in [2.75, 3.05) is 10.0 Å². The first-order valence-corrected chi connectivity index (χ1v) is 10.7. The number of nitrogens with one attached hydrogen (secondary N) is 2. The van der Waals surface area contributed by atoms with E-state index >= 15 is 0 Å². The normalized spacial score (nSPS) is 13.2. The molecule has 4 rings (SSSR count). The van der Waals surface area contributed by atoms with Gasteiger partial charge in [-0.25, -0.2) is 18.4 Å². The van der Waals surface area contributed by atoms with Gasteiger partial charge in [0.15, 0.2) is 5.13 Å². The second-order valence-electron chi connectivity index (χ2n) is 6.08. The fraction of sp³-hybridized carbons (Fsp3) is 0.167. The van der Waals surface area contributed by atoms with Crippen LogP contribution in [0.4, 0.5) is 10.9 Å². The maximum absolute atomic E-state index is 12.4. The van der Waals surface area contributed by atoms with Gasteiger partial charge in [-0.1, -0.05) is 6.07 Å². The van der Waals surface area contributed by atoms with Gasteiger partial charge < -0.3 is 5.32 Å². The summed E-state index contributed by atoms with van der Waals surface area (Å²) in [6.07, 6.45) is 4.56. The molecule has 138 valence electrons. The highest BCUT2D eigenvalue weighted by atomic mass is 32.2. The van der Waals surface area contributed by atoms with Crippen molar-refractivity contribution < 1.29 is 13.2 Å². The molecule has 0 saturated heterocycles. The van der Waals surface area contributed by atoms with Gasteiger partial charge in [0, 0.05) is 22.8 Å². The summed E-state index contributed by atoms with van der Waals surface area (Å²) in [5, 5.41) is 4.73. The van der Waals surface area contributed by atoms with Crippen molar-refractivity contribution in [1.82, 2.24) is 9.97 Å². The molecule has 0 spiro atoms. The zero-order valence-electron chi connectivity index (χ0n) is 14.2. The van der Waals surface area contributed by atoms with Crippen LogP contribution in [0.2, 0.25) is 0 Å². The number of benzene rings is 1. The minimum Gasteiger partial charge on any atom is -0.307 e. The number of anilines is 2. The van der Waals surface area contributed by atoms with E-state index in [1.54, 1.807) is 11.4 Å². The number of aromatic nitrogens is 2. The molecule has 3 aromatic rings. The van der Waals surface area contributed by atoms with Gasteiger partial charge in [-0.15, -0.1) is 11.3 Å². The van der Waals surface area contributed by atoms with E-state index in [1.807, 2.05) is 6.07 Å². The van der Waals surface area contributed by atoms with Gasteiger partial charge in [-0.3, -0.25) is 9.52 Å². The Morgan fingerprint density at radius 3 is 2.63 bits per heavy atom. The van der Waals surface area contributed by atoms with Crippen LogP contribution in [0.5, 0.6) is 0 Å². The van der Waals surface area contributed by atoms with Crippen LogP contribution in [0.15, 0.2) is 52.9 Å². The highest BCUT2D eigenvalue weighted by Crippen LogP contribution is 2.22. The fourth-order valence-electron chi connectivity index (χ4n) is 2.91. The number of pyridine rings is 1. The largest absolute Gasteiger partial charge is 0.307 e. The predicted molar refractivity (Wildman–Crippen MR) is 104 cm³/mol. The quantitative estimate of drug-likeness (QED) is 0.685. The van der Waals surface area contributed by atoms with Crippen molar-refractivity contribution in [2.24, 2.45) is 0 Å². The molecule has 0 aliphatic heterocycles. The Hall–Kier alpha value is -2.78. The zero-order valence-corrected chi connectivity index (χ0v) is 15.8. The van der Waals surface area contributed by atoms with Crippen LogP contribution in [-0.2, 0) is 22.9 Å². The molecule has 9 heteroatoms. The predicted octanol–water partition coefficient (Wildman–Crippen LogP) is 3.08. The first kappa shape index (κ1) is 17.6. The van der Waals surface area contributed by atoms with Crippen LogP contribution in [0, 0.1) is 0 Å². The molecule has 2 aromatic heterocycles. The highest BCUT2D eigenvalue weighted by Gasteiger charge is 2.17. The van der Waals surface area contributed by atoms with Gasteiger partial charge in [0.25, 0.3) is 15.9 Å². The van der Waals surface area contributed by atoms with Crippen LogP contribution >= 0.6 is 11.3 Å². The lowest BCUT2D eigenvalue weighted by molar-refractivity contribution is 0.102. The van der Waals surface area contributed by atoms with Gasteiger partial charge >= 0.3 is 0 Å². The number of sulfonamides is 1. The third-order valence-electron chi connectivity index (χ3n) is 4.25. The second kappa shape index (κ2) is 7.09. The molecule has 0 fully saturated rings. The third kappa shape index (κ3) is 3.83. The SMILES string of the molecule is O=C(Nc1ccc2c(n1)CCC2)c1ccc(S(=O)(=O)Nc2nccs2)cc1. The zero-order chi connectivity index (χ0) is 18.9. The molecule has 2 heterocycles. The van der Waals surface area contributed by atoms with Gasteiger partial charge in [-0.2, -0.15) is 0 Å². The van der Waals surface area contributed by atoms with Crippen LogP contribution in [-0.4, -0.2) is 24.3 Å². The molecule has 0 atom stereocenters. The van der Waals surface area contributed by atoms with E-state index in [4.69, 9.17) is 0 Å². The number of carbonyl (C=O) groups is 1. The third-order valence-corrected chi connectivity index (χ3v) is 6.42. The van der Waals surface area contributed by atoms with Crippen LogP contribution in [0.3, 0.4) is 0 Å². The van der Waals surface area contributed by atoms with Gasteiger partial charge in [0.2, 0.25) is 0 Å². The fourth-order valence-corrected chi connectivity index (χ4v) is 4.70. The number of hydrogen-bond donors (Lipinski definition) is 2. The number of carbonyl (C=O) groups excluding carboxylic acids is 1. The lowest BCUT2D eigenvalue weighted by Gasteiger charge is -2.08. The smallest absolute Gasteiger partial charge is 0.263 e. The number of aryl methyl sites for hydroxylation is 2. The number of nitrogens with zero attached hydrogens (tertiary/aromatic N) is 2. The van der Waals surface area contributed by atoms with Gasteiger partial charge in [-0.05, 0) is 55.2 Å². The summed E-state index contributed by atoms with van der Waals surface area (Å²) < 4.78 is 27.0. The molecule has 1 aromatic carbocycles. The topological polar surface area (TPSA) is 101 Å². The van der Waals surface area contributed by atoms with Crippen LogP contribution in [0.25, 0.3) is 0 Å². The maximum Gasteiger partial charge on any atom is 0.263 e. The molecule has 0 bridgehead atoms. The molecule has 7 nitrogen and oxygen atoms in total. The Morgan fingerprint density at radius 2 is 1.89 bits per heavy atom. The number of thiazole rings is 1. The van der Waals surface area contributed by atoms with E-state index in [2.05, 4.69) is 20.0 Å². The summed E-state index contributed by atoms with van der Waals surface area (Å²) in [6, 6.07) is 9.50. The lowest BCUT2D eigenvalue weighted by atomic mass is 10.2. The van der Waals surface area contributed by atoms with Gasteiger partial charge in [0.1, 0.15) is 5.82 Å². The van der Waals surface area contributed by atoms with Gasteiger partial charge in [0.05, 0.1) is 4.90 Å². The number of rotatable bonds is 5. The molecule has 1 aliphatic rings. The minimum atomic E-state index is -3.74. The summed E-state index contributed by atoms with van der Waals surface area (Å²) in [6.45, 7) is 0. The molecule has 1 aliphatic carbocycles. The molecule has 27 heavy (non-hydrogen) atoms. The van der Waals surface area contributed by atoms with E-state index in [9.17, 15) is 13.2 Å². The van der Waals surface area contributed by atoms with E-state index in [1.165, 1.54) is 47.4 Å². The first-order valence-electron chi connectivity index (χ1n) is 8.34. The molecule has 2 N–H and O–H groups in total. The van der Waals surface area contributed by atoms with Crippen molar-refractivity contribution in [3.05, 3.63) is 64.8 Å². The Balaban J connectivity index is 1.47. The van der Waals surface area contributed by atoms with Crippen LogP contribution < -0.4 is 10.0 Å². The van der Waals surface area contributed by atoms with Crippen molar-refractivity contribution >= 4 is 38.2 Å². The summed E-state index contributed by atoms with van der Waals surface area (Å²) >= 11 is 1.19. The highest BCUT2D eigenvalue weighted by molar-refractivity contribution is 7.93. The molecule has 0 radical (unpaired) electrons. The monoisotopic (exact) mass is 400 g/mol. The lowest BCUT2D eigenvalue weighted by Crippen LogP contribution is -2.15. The van der Waals surface area contributed by atoms with Crippen LogP contribution in [0.1, 0.15) is 28.0 Å². The first-order chi connectivity index (χ1) is 13.0. The Bertz CT molecular complexity index is 1080. The summed E-state index contributed by atoms with van der Waals surface area (Å²) in [4.78, 5) is 20.8. The standard InChI is InChI=1S/C18H16N4O3S2/c23-17(21-16-9-6-12-2-1-3-15(12)20-16)13-4-7-14(8-5-13)27(24,25)22-18-19-10-11-26-18/h4-11H,1-3H2,(H,19,22)(H,20,21,23).